The molecule has 0 N–H and O–H groups in total. The fourth-order valence-electron chi connectivity index (χ4n) is 1.82. The van der Waals surface area contributed by atoms with Crippen molar-refractivity contribution in [1.82, 2.24) is 9.29 Å². The van der Waals surface area contributed by atoms with Crippen LogP contribution in [0.25, 0.3) is 0 Å². The van der Waals surface area contributed by atoms with Crippen molar-refractivity contribution in [3.05, 3.63) is 54.1 Å². The van der Waals surface area contributed by atoms with Crippen LogP contribution in [0.15, 0.2) is 47.6 Å². The Bertz CT molecular complexity index is 720. The van der Waals surface area contributed by atoms with Gasteiger partial charge in [0.15, 0.2) is 11.6 Å². The lowest BCUT2D eigenvalue weighted by atomic mass is 10.3. The van der Waals surface area contributed by atoms with E-state index in [2.05, 4.69) is 4.98 Å². The van der Waals surface area contributed by atoms with Crippen LogP contribution in [0.1, 0.15) is 5.56 Å². The SMILES string of the molecule is COc1ccc(S(=O)(=O)N(C)Cc2cccnc2)cc1F. The van der Waals surface area contributed by atoms with E-state index >= 15 is 0 Å². The number of rotatable bonds is 5. The summed E-state index contributed by atoms with van der Waals surface area (Å²) in [5, 5.41) is 0. The van der Waals surface area contributed by atoms with E-state index in [0.717, 1.165) is 15.9 Å². The minimum Gasteiger partial charge on any atom is -0.494 e. The molecule has 5 nitrogen and oxygen atoms in total. The normalized spacial score (nSPS) is 11.6. The van der Waals surface area contributed by atoms with Crippen molar-refractivity contribution in [3.63, 3.8) is 0 Å². The second-order valence-electron chi connectivity index (χ2n) is 4.42. The Labute approximate surface area is 123 Å². The third-order valence-corrected chi connectivity index (χ3v) is 4.76. The second kappa shape index (κ2) is 6.19. The van der Waals surface area contributed by atoms with Crippen molar-refractivity contribution < 1.29 is 17.5 Å². The molecule has 0 fully saturated rings. The smallest absolute Gasteiger partial charge is 0.243 e. The van der Waals surface area contributed by atoms with Gasteiger partial charge in [-0.3, -0.25) is 4.98 Å². The first-order valence-corrected chi connectivity index (χ1v) is 7.58. The Morgan fingerprint density at radius 3 is 2.67 bits per heavy atom. The first-order valence-electron chi connectivity index (χ1n) is 6.14. The number of pyridine rings is 1. The van der Waals surface area contributed by atoms with Gasteiger partial charge in [0.05, 0.1) is 12.0 Å². The van der Waals surface area contributed by atoms with Crippen molar-refractivity contribution >= 4 is 10.0 Å². The van der Waals surface area contributed by atoms with E-state index in [4.69, 9.17) is 4.74 Å². The number of benzene rings is 1. The van der Waals surface area contributed by atoms with Crippen molar-refractivity contribution in [3.8, 4) is 5.75 Å². The molecule has 21 heavy (non-hydrogen) atoms. The number of nitrogens with zero attached hydrogens (tertiary/aromatic N) is 2. The molecular formula is C14H15FN2O3S. The Kier molecular flexibility index (Phi) is 4.54. The van der Waals surface area contributed by atoms with E-state index < -0.39 is 15.8 Å². The quantitative estimate of drug-likeness (QED) is 0.848. The van der Waals surface area contributed by atoms with Crippen LogP contribution in [0.4, 0.5) is 4.39 Å². The van der Waals surface area contributed by atoms with Gasteiger partial charge in [-0.25, -0.2) is 12.8 Å². The number of hydrogen-bond donors (Lipinski definition) is 0. The average Bonchev–Trinajstić information content (AvgIpc) is 2.48. The maximum absolute atomic E-state index is 13.7. The van der Waals surface area contributed by atoms with Gasteiger partial charge in [-0.15, -0.1) is 0 Å². The average molecular weight is 310 g/mol. The summed E-state index contributed by atoms with van der Waals surface area (Å²) in [6.45, 7) is 0.157. The van der Waals surface area contributed by atoms with Crippen LogP contribution in [0, 0.1) is 5.82 Å². The topological polar surface area (TPSA) is 59.5 Å². The molecule has 0 aliphatic heterocycles. The van der Waals surface area contributed by atoms with Gasteiger partial charge in [-0.2, -0.15) is 4.31 Å². The van der Waals surface area contributed by atoms with Crippen molar-refractivity contribution in [2.24, 2.45) is 0 Å². The van der Waals surface area contributed by atoms with Crippen LogP contribution < -0.4 is 4.74 Å². The number of halogens is 1. The van der Waals surface area contributed by atoms with Gasteiger partial charge < -0.3 is 4.74 Å². The predicted molar refractivity (Wildman–Crippen MR) is 75.8 cm³/mol. The zero-order chi connectivity index (χ0) is 15.5. The third kappa shape index (κ3) is 3.37. The Morgan fingerprint density at radius 1 is 1.33 bits per heavy atom. The highest BCUT2D eigenvalue weighted by Crippen LogP contribution is 2.23. The number of sulfonamides is 1. The number of aromatic nitrogens is 1. The highest BCUT2D eigenvalue weighted by atomic mass is 32.2. The van der Waals surface area contributed by atoms with Crippen LogP contribution in [0.5, 0.6) is 5.75 Å². The van der Waals surface area contributed by atoms with Crippen molar-refractivity contribution in [2.45, 2.75) is 11.4 Å². The zero-order valence-electron chi connectivity index (χ0n) is 11.7. The second-order valence-corrected chi connectivity index (χ2v) is 6.46. The third-order valence-electron chi connectivity index (χ3n) is 2.96. The standard InChI is InChI=1S/C14H15FN2O3S/c1-17(10-11-4-3-7-16-9-11)21(18,19)12-5-6-14(20-2)13(15)8-12/h3-9H,10H2,1-2H3. The largest absolute Gasteiger partial charge is 0.494 e. The molecule has 112 valence electrons. The molecule has 1 aromatic carbocycles. The molecule has 0 spiro atoms. The summed E-state index contributed by atoms with van der Waals surface area (Å²) in [5.74, 6) is -0.711. The Morgan fingerprint density at radius 2 is 2.10 bits per heavy atom. The van der Waals surface area contributed by atoms with Gasteiger partial charge in [-0.05, 0) is 29.8 Å². The van der Waals surface area contributed by atoms with Crippen molar-refractivity contribution in [2.75, 3.05) is 14.2 Å². The lowest BCUT2D eigenvalue weighted by molar-refractivity contribution is 0.385. The van der Waals surface area contributed by atoms with Crippen LogP contribution in [0.2, 0.25) is 0 Å². The van der Waals surface area contributed by atoms with Crippen LogP contribution in [-0.2, 0) is 16.6 Å². The molecule has 0 aliphatic rings. The summed E-state index contributed by atoms with van der Waals surface area (Å²) in [4.78, 5) is 3.81. The van der Waals surface area contributed by atoms with Crippen LogP contribution in [0.3, 0.4) is 0 Å². The monoisotopic (exact) mass is 310 g/mol. The first kappa shape index (κ1) is 15.4. The molecule has 0 atom stereocenters. The number of ether oxygens (including phenoxy) is 1. The first-order chi connectivity index (χ1) is 9.95. The summed E-state index contributed by atoms with van der Waals surface area (Å²) < 4.78 is 44.3. The van der Waals surface area contributed by atoms with Gasteiger partial charge >= 0.3 is 0 Å². The summed E-state index contributed by atoms with van der Waals surface area (Å²) in [6.07, 6.45) is 3.19. The van der Waals surface area contributed by atoms with E-state index in [1.807, 2.05) is 0 Å². The Balaban J connectivity index is 2.27. The van der Waals surface area contributed by atoms with E-state index in [1.54, 1.807) is 24.5 Å². The minimum absolute atomic E-state index is 0.00358. The van der Waals surface area contributed by atoms with Gasteiger partial charge in [0, 0.05) is 26.0 Å². The van der Waals surface area contributed by atoms with Gasteiger partial charge in [-0.1, -0.05) is 6.07 Å². The number of hydrogen-bond acceptors (Lipinski definition) is 4. The lowest BCUT2D eigenvalue weighted by Gasteiger charge is -2.17. The van der Waals surface area contributed by atoms with Crippen LogP contribution >= 0.6 is 0 Å². The molecular weight excluding hydrogens is 295 g/mol. The van der Waals surface area contributed by atoms with Crippen molar-refractivity contribution in [1.29, 1.82) is 0 Å². The number of methoxy groups -OCH3 is 1. The maximum atomic E-state index is 13.7. The molecule has 0 saturated heterocycles. The zero-order valence-corrected chi connectivity index (χ0v) is 12.5. The Hall–Kier alpha value is -1.99. The maximum Gasteiger partial charge on any atom is 0.243 e. The van der Waals surface area contributed by atoms with E-state index in [0.29, 0.717) is 0 Å². The highest BCUT2D eigenvalue weighted by Gasteiger charge is 2.22. The van der Waals surface area contributed by atoms with Gasteiger partial charge in [0.25, 0.3) is 0 Å². The molecule has 0 amide bonds. The molecule has 0 aliphatic carbocycles. The van der Waals surface area contributed by atoms with E-state index in [9.17, 15) is 12.8 Å². The van der Waals surface area contributed by atoms with E-state index in [1.165, 1.54) is 26.3 Å². The molecule has 0 unspecified atom stereocenters. The summed E-state index contributed by atoms with van der Waals surface area (Å²) in [7, 11) is -1.02. The molecule has 0 saturated carbocycles. The fourth-order valence-corrected chi connectivity index (χ4v) is 2.99. The van der Waals surface area contributed by atoms with Gasteiger partial charge in [0.1, 0.15) is 0 Å². The lowest BCUT2D eigenvalue weighted by Crippen LogP contribution is -2.26. The molecule has 7 heteroatoms. The predicted octanol–water partition coefficient (Wildman–Crippen LogP) is 2.05. The summed E-state index contributed by atoms with van der Waals surface area (Å²) in [5.41, 5.74) is 0.748. The molecule has 0 bridgehead atoms. The summed E-state index contributed by atoms with van der Waals surface area (Å²) >= 11 is 0. The molecule has 2 rings (SSSR count). The molecule has 0 radical (unpaired) electrons. The van der Waals surface area contributed by atoms with Crippen LogP contribution in [-0.4, -0.2) is 31.9 Å². The molecule has 2 aromatic rings. The summed E-state index contributed by atoms with van der Waals surface area (Å²) in [6, 6.07) is 7.06. The van der Waals surface area contributed by atoms with E-state index in [-0.39, 0.29) is 17.2 Å². The highest BCUT2D eigenvalue weighted by molar-refractivity contribution is 7.89. The minimum atomic E-state index is -3.77. The molecule has 1 heterocycles. The van der Waals surface area contributed by atoms with Gasteiger partial charge in [0.2, 0.25) is 10.0 Å². The fraction of sp³-hybridized carbons (Fsp3) is 0.214. The molecule has 1 aromatic heterocycles.